The van der Waals surface area contributed by atoms with E-state index in [1.165, 1.54) is 35.4 Å². The van der Waals surface area contributed by atoms with Crippen molar-refractivity contribution in [1.29, 1.82) is 0 Å². The van der Waals surface area contributed by atoms with Crippen LogP contribution in [0, 0.1) is 0 Å². The minimum atomic E-state index is -4.51. The Morgan fingerprint density at radius 1 is 1.16 bits per heavy atom. The third-order valence-electron chi connectivity index (χ3n) is 6.72. The van der Waals surface area contributed by atoms with Crippen LogP contribution >= 0.6 is 11.3 Å². The first-order valence-corrected chi connectivity index (χ1v) is 13.1. The Morgan fingerprint density at radius 3 is 2.45 bits per heavy atom. The quantitative estimate of drug-likeness (QED) is 0.548. The zero-order valence-electron chi connectivity index (χ0n) is 21.2. The van der Waals surface area contributed by atoms with Gasteiger partial charge >= 0.3 is 18.2 Å². The standard InChI is InChI=1S/C26H29F3N4O4S/c1-4-37-24(35)21-19(15-32-11-12-33(16(2)14-32)23(34)20-6-5-13-38-20)31(3)25(36)30-22(21)17-7-9-18(10-8-17)26(27,28)29/h5-10,13,16,22H,4,11-12,14-15H2,1-3H3,(H,30,36)/t16-,22+/m1/s1. The molecule has 3 heterocycles. The van der Waals surface area contributed by atoms with Crippen LogP contribution in [0.15, 0.2) is 53.0 Å². The van der Waals surface area contributed by atoms with Crippen LogP contribution < -0.4 is 5.32 Å². The summed E-state index contributed by atoms with van der Waals surface area (Å²) in [5.41, 5.74) is 0.0758. The first-order chi connectivity index (χ1) is 18.0. The van der Waals surface area contributed by atoms with Crippen molar-refractivity contribution in [1.82, 2.24) is 20.0 Å². The Balaban J connectivity index is 1.62. The van der Waals surface area contributed by atoms with Gasteiger partial charge in [-0.2, -0.15) is 13.2 Å². The molecular formula is C26H29F3N4O4S. The molecule has 1 N–H and O–H groups in total. The van der Waals surface area contributed by atoms with Crippen LogP contribution in [0.1, 0.15) is 40.7 Å². The molecule has 1 fully saturated rings. The minimum Gasteiger partial charge on any atom is -0.463 e. The molecule has 12 heteroatoms. The Hall–Kier alpha value is -3.38. The molecule has 2 aliphatic heterocycles. The highest BCUT2D eigenvalue weighted by Gasteiger charge is 2.39. The molecule has 2 aliphatic rings. The van der Waals surface area contributed by atoms with Crippen molar-refractivity contribution in [2.75, 3.05) is 39.8 Å². The van der Waals surface area contributed by atoms with Gasteiger partial charge in [0.05, 0.1) is 28.7 Å². The van der Waals surface area contributed by atoms with Crippen LogP contribution in [0.2, 0.25) is 0 Å². The maximum atomic E-state index is 13.1. The maximum Gasteiger partial charge on any atom is 0.416 e. The fourth-order valence-corrected chi connectivity index (χ4v) is 5.42. The van der Waals surface area contributed by atoms with Crippen LogP contribution in [0.4, 0.5) is 18.0 Å². The predicted molar refractivity (Wildman–Crippen MR) is 135 cm³/mol. The normalized spacial score (nSPS) is 20.9. The third-order valence-corrected chi connectivity index (χ3v) is 7.58. The summed E-state index contributed by atoms with van der Waals surface area (Å²) in [5, 5.41) is 4.58. The highest BCUT2D eigenvalue weighted by Crippen LogP contribution is 2.34. The lowest BCUT2D eigenvalue weighted by atomic mass is 9.93. The zero-order valence-corrected chi connectivity index (χ0v) is 22.1. The number of piperazine rings is 1. The molecule has 38 heavy (non-hydrogen) atoms. The minimum absolute atomic E-state index is 0.0323. The van der Waals surface area contributed by atoms with Gasteiger partial charge in [0.15, 0.2) is 0 Å². The van der Waals surface area contributed by atoms with Crippen LogP contribution in [0.3, 0.4) is 0 Å². The number of alkyl halides is 3. The molecule has 0 aliphatic carbocycles. The van der Waals surface area contributed by atoms with E-state index in [0.29, 0.717) is 35.8 Å². The Morgan fingerprint density at radius 2 is 1.87 bits per heavy atom. The van der Waals surface area contributed by atoms with Gasteiger partial charge in [0.25, 0.3) is 5.91 Å². The lowest BCUT2D eigenvalue weighted by Crippen LogP contribution is -2.56. The summed E-state index contributed by atoms with van der Waals surface area (Å²) in [6.45, 7) is 5.41. The summed E-state index contributed by atoms with van der Waals surface area (Å²) in [7, 11) is 1.53. The van der Waals surface area contributed by atoms with Crippen molar-refractivity contribution < 1.29 is 32.3 Å². The number of likely N-dealkylation sites (N-methyl/N-ethyl adjacent to an activating group) is 1. The van der Waals surface area contributed by atoms with E-state index in [2.05, 4.69) is 10.2 Å². The van der Waals surface area contributed by atoms with Crippen LogP contribution in [0.5, 0.6) is 0 Å². The molecule has 8 nitrogen and oxygen atoms in total. The summed E-state index contributed by atoms with van der Waals surface area (Å²) >= 11 is 1.39. The zero-order chi connectivity index (χ0) is 27.6. The Kier molecular flexibility index (Phi) is 8.12. The van der Waals surface area contributed by atoms with Gasteiger partial charge in [-0.15, -0.1) is 11.3 Å². The predicted octanol–water partition coefficient (Wildman–Crippen LogP) is 4.13. The van der Waals surface area contributed by atoms with E-state index >= 15 is 0 Å². The number of ether oxygens (including phenoxy) is 1. The molecule has 1 saturated heterocycles. The van der Waals surface area contributed by atoms with Crippen molar-refractivity contribution in [2.45, 2.75) is 32.1 Å². The lowest BCUT2D eigenvalue weighted by Gasteiger charge is -2.42. The average molecular weight is 551 g/mol. The van der Waals surface area contributed by atoms with Crippen molar-refractivity contribution in [2.24, 2.45) is 0 Å². The number of carbonyl (C=O) groups excluding carboxylic acids is 3. The van der Waals surface area contributed by atoms with Gasteiger partial charge in [0.2, 0.25) is 0 Å². The fourth-order valence-electron chi connectivity index (χ4n) is 4.74. The fraction of sp³-hybridized carbons (Fsp3) is 0.423. The number of amides is 3. The molecule has 0 unspecified atom stereocenters. The van der Waals surface area contributed by atoms with E-state index < -0.39 is 29.8 Å². The number of thiophene rings is 1. The molecule has 0 saturated carbocycles. The highest BCUT2D eigenvalue weighted by molar-refractivity contribution is 7.12. The molecule has 0 bridgehead atoms. The van der Waals surface area contributed by atoms with Gasteiger partial charge in [-0.1, -0.05) is 18.2 Å². The molecule has 0 radical (unpaired) electrons. The topological polar surface area (TPSA) is 82.2 Å². The maximum absolute atomic E-state index is 13.1. The second-order valence-corrected chi connectivity index (χ2v) is 10.1. The first-order valence-electron chi connectivity index (χ1n) is 12.2. The SMILES string of the molecule is CCOC(=O)C1=C(CN2CCN(C(=O)c3cccs3)[C@H](C)C2)N(C)C(=O)N[C@H]1c1ccc(C(F)(F)F)cc1. The number of hydrogen-bond donors (Lipinski definition) is 1. The number of nitrogens with one attached hydrogen (secondary N) is 1. The Bertz CT molecular complexity index is 1210. The van der Waals surface area contributed by atoms with Crippen molar-refractivity contribution >= 4 is 29.2 Å². The first kappa shape index (κ1) is 27.6. The van der Waals surface area contributed by atoms with Gasteiger partial charge in [-0.3, -0.25) is 14.6 Å². The molecule has 3 amide bonds. The number of nitrogens with zero attached hydrogens (tertiary/aromatic N) is 3. The van der Waals surface area contributed by atoms with Gasteiger partial charge in [0, 0.05) is 45.0 Å². The van der Waals surface area contributed by atoms with E-state index in [0.717, 1.165) is 12.1 Å². The van der Waals surface area contributed by atoms with Gasteiger partial charge < -0.3 is 15.0 Å². The average Bonchev–Trinajstić information content (AvgIpc) is 3.41. The molecule has 1 aromatic carbocycles. The van der Waals surface area contributed by atoms with Crippen molar-refractivity contribution in [3.63, 3.8) is 0 Å². The van der Waals surface area contributed by atoms with Gasteiger partial charge in [-0.25, -0.2) is 9.59 Å². The number of esters is 1. The van der Waals surface area contributed by atoms with Crippen LogP contribution in [-0.4, -0.2) is 78.5 Å². The van der Waals surface area contributed by atoms with E-state index in [9.17, 15) is 27.6 Å². The number of hydrogen-bond acceptors (Lipinski definition) is 6. The number of benzene rings is 1. The number of carbonyl (C=O) groups is 3. The molecular weight excluding hydrogens is 521 g/mol. The largest absolute Gasteiger partial charge is 0.463 e. The monoisotopic (exact) mass is 550 g/mol. The molecule has 204 valence electrons. The highest BCUT2D eigenvalue weighted by atomic mass is 32.1. The smallest absolute Gasteiger partial charge is 0.416 e. The second kappa shape index (κ2) is 11.2. The van der Waals surface area contributed by atoms with E-state index in [4.69, 9.17) is 4.74 Å². The molecule has 2 atom stereocenters. The van der Waals surface area contributed by atoms with Gasteiger partial charge in [0.1, 0.15) is 0 Å². The molecule has 0 spiro atoms. The second-order valence-electron chi connectivity index (χ2n) is 9.20. The lowest BCUT2D eigenvalue weighted by molar-refractivity contribution is -0.139. The van der Waals surface area contributed by atoms with E-state index in [1.807, 2.05) is 23.3 Å². The summed E-state index contributed by atoms with van der Waals surface area (Å²) in [5.74, 6) is -0.686. The molecule has 4 rings (SSSR count). The van der Waals surface area contributed by atoms with E-state index in [1.54, 1.807) is 13.0 Å². The number of urea groups is 1. The molecule has 2 aromatic rings. The number of halogens is 3. The third kappa shape index (κ3) is 5.70. The van der Waals surface area contributed by atoms with Crippen LogP contribution in [-0.2, 0) is 15.7 Å². The van der Waals surface area contributed by atoms with Crippen molar-refractivity contribution in [3.8, 4) is 0 Å². The summed E-state index contributed by atoms with van der Waals surface area (Å²) < 4.78 is 44.6. The summed E-state index contributed by atoms with van der Waals surface area (Å²) in [6, 6.07) is 6.41. The summed E-state index contributed by atoms with van der Waals surface area (Å²) in [4.78, 5) is 44.8. The van der Waals surface area contributed by atoms with Crippen LogP contribution in [0.25, 0.3) is 0 Å². The van der Waals surface area contributed by atoms with E-state index in [-0.39, 0.29) is 30.7 Å². The summed E-state index contributed by atoms with van der Waals surface area (Å²) in [6.07, 6.45) is -4.51. The van der Waals surface area contributed by atoms with Crippen molar-refractivity contribution in [3.05, 3.63) is 69.1 Å². The van der Waals surface area contributed by atoms with Gasteiger partial charge in [-0.05, 0) is 43.0 Å². The molecule has 1 aromatic heterocycles. The Labute approximate surface area is 222 Å². The number of rotatable bonds is 6.